The Labute approximate surface area is 129 Å². The molecule has 2 rings (SSSR count). The molecule has 2 amide bonds. The third-order valence-corrected chi connectivity index (χ3v) is 4.58. The van der Waals surface area contributed by atoms with Crippen LogP contribution in [0.15, 0.2) is 17.5 Å². The van der Waals surface area contributed by atoms with Gasteiger partial charge in [0.15, 0.2) is 0 Å². The maximum atomic E-state index is 12.5. The van der Waals surface area contributed by atoms with Gasteiger partial charge in [-0.05, 0) is 17.9 Å². The highest BCUT2D eigenvalue weighted by Crippen LogP contribution is 2.23. The normalized spacial score (nSPS) is 20.1. The van der Waals surface area contributed by atoms with E-state index in [1.54, 1.807) is 11.3 Å². The first kappa shape index (κ1) is 16.0. The lowest BCUT2D eigenvalue weighted by Crippen LogP contribution is -2.46. The standard InChI is InChI=1S/C15H22N2O3S/c1-3-12-10-17(6-7-20-12)15(19)9-13(16-11(2)18)14-5-4-8-21-14/h4-5,8,12-13H,3,6-7,9-10H2,1-2H3,(H,16,18)/t12-,13-/m1/s1. The number of thiophene rings is 1. The highest BCUT2D eigenvalue weighted by Gasteiger charge is 2.26. The summed E-state index contributed by atoms with van der Waals surface area (Å²) in [4.78, 5) is 26.7. The first-order valence-corrected chi connectivity index (χ1v) is 8.18. The monoisotopic (exact) mass is 310 g/mol. The van der Waals surface area contributed by atoms with Crippen LogP contribution in [0.5, 0.6) is 0 Å². The number of rotatable bonds is 5. The van der Waals surface area contributed by atoms with E-state index in [0.29, 0.717) is 26.1 Å². The van der Waals surface area contributed by atoms with E-state index in [-0.39, 0.29) is 24.0 Å². The van der Waals surface area contributed by atoms with Crippen molar-refractivity contribution in [1.82, 2.24) is 10.2 Å². The Balaban J connectivity index is 1.99. The lowest BCUT2D eigenvalue weighted by Gasteiger charge is -2.33. The highest BCUT2D eigenvalue weighted by molar-refractivity contribution is 7.10. The lowest BCUT2D eigenvalue weighted by atomic mass is 10.1. The number of amides is 2. The Morgan fingerprint density at radius 3 is 3.00 bits per heavy atom. The first-order valence-electron chi connectivity index (χ1n) is 7.30. The summed E-state index contributed by atoms with van der Waals surface area (Å²) in [6.45, 7) is 5.41. The molecule has 1 aliphatic heterocycles. The van der Waals surface area contributed by atoms with Crippen molar-refractivity contribution in [2.45, 2.75) is 38.8 Å². The van der Waals surface area contributed by atoms with Crippen molar-refractivity contribution < 1.29 is 14.3 Å². The number of morpholine rings is 1. The molecular weight excluding hydrogens is 288 g/mol. The molecule has 0 bridgehead atoms. The van der Waals surface area contributed by atoms with Gasteiger partial charge in [-0.3, -0.25) is 9.59 Å². The average Bonchev–Trinajstić information content (AvgIpc) is 3.00. The summed E-state index contributed by atoms with van der Waals surface area (Å²) in [7, 11) is 0. The van der Waals surface area contributed by atoms with E-state index >= 15 is 0 Å². The minimum Gasteiger partial charge on any atom is -0.375 e. The van der Waals surface area contributed by atoms with Crippen LogP contribution in [0.1, 0.15) is 37.6 Å². The molecule has 0 spiro atoms. The van der Waals surface area contributed by atoms with E-state index in [0.717, 1.165) is 11.3 Å². The largest absolute Gasteiger partial charge is 0.375 e. The van der Waals surface area contributed by atoms with Crippen LogP contribution in [-0.2, 0) is 14.3 Å². The Morgan fingerprint density at radius 2 is 2.38 bits per heavy atom. The van der Waals surface area contributed by atoms with Crippen LogP contribution >= 0.6 is 11.3 Å². The Hall–Kier alpha value is -1.40. The zero-order valence-corrected chi connectivity index (χ0v) is 13.3. The van der Waals surface area contributed by atoms with Crippen molar-refractivity contribution in [1.29, 1.82) is 0 Å². The van der Waals surface area contributed by atoms with Crippen LogP contribution in [0, 0.1) is 0 Å². The third kappa shape index (κ3) is 4.54. The zero-order chi connectivity index (χ0) is 15.2. The van der Waals surface area contributed by atoms with Gasteiger partial charge in [-0.15, -0.1) is 11.3 Å². The smallest absolute Gasteiger partial charge is 0.225 e. The molecule has 0 unspecified atom stereocenters. The second-order valence-electron chi connectivity index (χ2n) is 5.21. The van der Waals surface area contributed by atoms with E-state index in [4.69, 9.17) is 4.74 Å². The molecule has 1 saturated heterocycles. The van der Waals surface area contributed by atoms with Gasteiger partial charge in [-0.2, -0.15) is 0 Å². The Morgan fingerprint density at radius 1 is 1.57 bits per heavy atom. The molecule has 0 saturated carbocycles. The second kappa shape index (κ2) is 7.56. The summed E-state index contributed by atoms with van der Waals surface area (Å²) in [5.41, 5.74) is 0. The molecular formula is C15H22N2O3S. The summed E-state index contributed by atoms with van der Waals surface area (Å²) in [5, 5.41) is 4.83. The predicted molar refractivity (Wildman–Crippen MR) is 82.1 cm³/mol. The van der Waals surface area contributed by atoms with Crippen molar-refractivity contribution in [2.24, 2.45) is 0 Å². The quantitative estimate of drug-likeness (QED) is 0.904. The Bertz CT molecular complexity index is 475. The molecule has 116 valence electrons. The van der Waals surface area contributed by atoms with Crippen molar-refractivity contribution in [3.63, 3.8) is 0 Å². The summed E-state index contributed by atoms with van der Waals surface area (Å²) in [6.07, 6.45) is 1.34. The van der Waals surface area contributed by atoms with E-state index < -0.39 is 0 Å². The van der Waals surface area contributed by atoms with Gasteiger partial charge < -0.3 is 15.0 Å². The molecule has 1 aliphatic rings. The van der Waals surface area contributed by atoms with Crippen LogP contribution < -0.4 is 5.32 Å². The summed E-state index contributed by atoms with van der Waals surface area (Å²) in [5.74, 6) is -0.0430. The van der Waals surface area contributed by atoms with Crippen LogP contribution in [0.25, 0.3) is 0 Å². The summed E-state index contributed by atoms with van der Waals surface area (Å²) in [6, 6.07) is 3.64. The first-order chi connectivity index (χ1) is 10.1. The zero-order valence-electron chi connectivity index (χ0n) is 12.5. The van der Waals surface area contributed by atoms with Gasteiger partial charge >= 0.3 is 0 Å². The predicted octanol–water partition coefficient (Wildman–Crippen LogP) is 1.95. The number of nitrogens with zero attached hydrogens (tertiary/aromatic N) is 1. The maximum Gasteiger partial charge on any atom is 0.225 e. The van der Waals surface area contributed by atoms with Gasteiger partial charge in [0.25, 0.3) is 0 Å². The molecule has 0 radical (unpaired) electrons. The van der Waals surface area contributed by atoms with Crippen LogP contribution in [0.2, 0.25) is 0 Å². The average molecular weight is 310 g/mol. The van der Waals surface area contributed by atoms with Gasteiger partial charge in [0.1, 0.15) is 0 Å². The molecule has 1 fully saturated rings. The number of ether oxygens (including phenoxy) is 1. The fraction of sp³-hybridized carbons (Fsp3) is 0.600. The molecule has 1 N–H and O–H groups in total. The number of carbonyl (C=O) groups excluding carboxylic acids is 2. The number of hydrogen-bond donors (Lipinski definition) is 1. The lowest BCUT2D eigenvalue weighted by molar-refractivity contribution is -0.139. The molecule has 2 heterocycles. The van der Waals surface area contributed by atoms with Gasteiger partial charge in [0, 0.05) is 24.9 Å². The van der Waals surface area contributed by atoms with Crippen LogP contribution in [0.4, 0.5) is 0 Å². The van der Waals surface area contributed by atoms with Crippen LogP contribution in [-0.4, -0.2) is 42.5 Å². The molecule has 6 heteroatoms. The fourth-order valence-corrected chi connectivity index (χ4v) is 3.23. The van der Waals surface area contributed by atoms with E-state index in [1.807, 2.05) is 22.4 Å². The summed E-state index contributed by atoms with van der Waals surface area (Å²) >= 11 is 1.56. The number of carbonyl (C=O) groups is 2. The number of hydrogen-bond acceptors (Lipinski definition) is 4. The molecule has 1 aromatic heterocycles. The van der Waals surface area contributed by atoms with Gasteiger partial charge in [-0.25, -0.2) is 0 Å². The third-order valence-electron chi connectivity index (χ3n) is 3.59. The van der Waals surface area contributed by atoms with Crippen molar-refractivity contribution >= 4 is 23.2 Å². The molecule has 0 aromatic carbocycles. The minimum atomic E-state index is -0.238. The molecule has 2 atom stereocenters. The number of nitrogens with one attached hydrogen (secondary N) is 1. The highest BCUT2D eigenvalue weighted by atomic mass is 32.1. The van der Waals surface area contributed by atoms with E-state index in [2.05, 4.69) is 12.2 Å². The van der Waals surface area contributed by atoms with E-state index in [9.17, 15) is 9.59 Å². The molecule has 1 aromatic rings. The SMILES string of the molecule is CC[C@@H]1CN(C(=O)C[C@@H](NC(C)=O)c2cccs2)CCO1. The van der Waals surface area contributed by atoms with Crippen molar-refractivity contribution in [2.75, 3.05) is 19.7 Å². The Kier molecular flexibility index (Phi) is 5.76. The van der Waals surface area contributed by atoms with Gasteiger partial charge in [0.05, 0.1) is 25.2 Å². The van der Waals surface area contributed by atoms with Crippen LogP contribution in [0.3, 0.4) is 0 Å². The fourth-order valence-electron chi connectivity index (χ4n) is 2.45. The molecule has 5 nitrogen and oxygen atoms in total. The van der Waals surface area contributed by atoms with Gasteiger partial charge in [0.2, 0.25) is 11.8 Å². The molecule has 0 aliphatic carbocycles. The topological polar surface area (TPSA) is 58.6 Å². The second-order valence-corrected chi connectivity index (χ2v) is 6.19. The minimum absolute atomic E-state index is 0.0731. The molecule has 21 heavy (non-hydrogen) atoms. The summed E-state index contributed by atoms with van der Waals surface area (Å²) < 4.78 is 5.59. The van der Waals surface area contributed by atoms with Crippen molar-refractivity contribution in [3.8, 4) is 0 Å². The van der Waals surface area contributed by atoms with Gasteiger partial charge in [-0.1, -0.05) is 13.0 Å². The maximum absolute atomic E-state index is 12.5. The van der Waals surface area contributed by atoms with Crippen molar-refractivity contribution in [3.05, 3.63) is 22.4 Å². The van der Waals surface area contributed by atoms with E-state index in [1.165, 1.54) is 6.92 Å².